The van der Waals surface area contributed by atoms with E-state index in [-0.39, 0.29) is 21.8 Å². The van der Waals surface area contributed by atoms with Crippen molar-refractivity contribution in [3.8, 4) is 0 Å². The monoisotopic (exact) mass is 362 g/mol. The molecule has 0 N–H and O–H groups in total. The SMILES string of the molecule is Cn1cc2cc([N+](=O)[O-])c(N3CC(O[Si](C)(C)C(C)(C)C)C3)cc2n1. The lowest BCUT2D eigenvalue weighted by Gasteiger charge is -2.47. The largest absolute Gasteiger partial charge is 0.410 e. The van der Waals surface area contributed by atoms with Crippen LogP contribution < -0.4 is 4.90 Å². The fraction of sp³-hybridized carbons (Fsp3) is 0.588. The first-order valence-corrected chi connectivity index (χ1v) is 11.4. The van der Waals surface area contributed by atoms with E-state index < -0.39 is 8.32 Å². The third-order valence-electron chi connectivity index (χ3n) is 5.37. The third kappa shape index (κ3) is 3.28. The molecule has 8 heteroatoms. The molecule has 0 bridgehead atoms. The highest BCUT2D eigenvalue weighted by molar-refractivity contribution is 6.74. The Labute approximate surface area is 148 Å². The summed E-state index contributed by atoms with van der Waals surface area (Å²) < 4.78 is 8.07. The zero-order valence-corrected chi connectivity index (χ0v) is 16.7. The van der Waals surface area contributed by atoms with Crippen molar-refractivity contribution in [2.45, 2.75) is 45.0 Å². The van der Waals surface area contributed by atoms with Gasteiger partial charge in [0, 0.05) is 37.8 Å². The van der Waals surface area contributed by atoms with Crippen molar-refractivity contribution in [2.75, 3.05) is 18.0 Å². The molecule has 0 aliphatic carbocycles. The van der Waals surface area contributed by atoms with Gasteiger partial charge in [0.15, 0.2) is 8.32 Å². The fourth-order valence-corrected chi connectivity index (χ4v) is 4.21. The van der Waals surface area contributed by atoms with Crippen LogP contribution in [0.4, 0.5) is 11.4 Å². The molecule has 1 aliphatic rings. The number of fused-ring (bicyclic) bond motifs is 1. The molecule has 1 fully saturated rings. The number of aryl methyl sites for hydroxylation is 1. The molecule has 0 atom stereocenters. The molecule has 1 aliphatic heterocycles. The Kier molecular flexibility index (Phi) is 4.15. The van der Waals surface area contributed by atoms with Gasteiger partial charge in [-0.05, 0) is 24.2 Å². The van der Waals surface area contributed by atoms with Crippen LogP contribution in [0.5, 0.6) is 0 Å². The first-order valence-electron chi connectivity index (χ1n) is 8.52. The van der Waals surface area contributed by atoms with Gasteiger partial charge < -0.3 is 9.33 Å². The topological polar surface area (TPSA) is 73.4 Å². The predicted molar refractivity (Wildman–Crippen MR) is 102 cm³/mol. The fourth-order valence-electron chi connectivity index (χ4n) is 2.87. The maximum Gasteiger partial charge on any atom is 0.293 e. The Balaban J connectivity index is 1.80. The molecule has 136 valence electrons. The first kappa shape index (κ1) is 17.9. The maximum atomic E-state index is 11.5. The van der Waals surface area contributed by atoms with E-state index >= 15 is 0 Å². The lowest BCUT2D eigenvalue weighted by Crippen LogP contribution is -2.58. The molecule has 1 aromatic heterocycles. The van der Waals surface area contributed by atoms with Crippen LogP contribution in [0.1, 0.15) is 20.8 Å². The highest BCUT2D eigenvalue weighted by Crippen LogP contribution is 2.40. The molecule has 0 saturated carbocycles. The van der Waals surface area contributed by atoms with E-state index in [1.807, 2.05) is 18.0 Å². The average molecular weight is 363 g/mol. The van der Waals surface area contributed by atoms with Crippen LogP contribution in [0.15, 0.2) is 18.3 Å². The lowest BCUT2D eigenvalue weighted by atomic mass is 10.1. The van der Waals surface area contributed by atoms with Crippen molar-refractivity contribution < 1.29 is 9.35 Å². The van der Waals surface area contributed by atoms with E-state index in [0.29, 0.717) is 18.8 Å². The molecule has 1 aromatic carbocycles. The second kappa shape index (κ2) is 5.81. The first-order chi connectivity index (χ1) is 11.5. The van der Waals surface area contributed by atoms with Gasteiger partial charge in [-0.25, -0.2) is 0 Å². The maximum absolute atomic E-state index is 11.5. The summed E-state index contributed by atoms with van der Waals surface area (Å²) in [6.07, 6.45) is 1.94. The summed E-state index contributed by atoms with van der Waals surface area (Å²) in [6.45, 7) is 12.5. The second-order valence-electron chi connectivity index (χ2n) is 8.36. The Morgan fingerprint density at radius 2 is 1.96 bits per heavy atom. The number of nitro groups is 1. The zero-order valence-electron chi connectivity index (χ0n) is 15.7. The van der Waals surface area contributed by atoms with Crippen LogP contribution in [-0.4, -0.2) is 42.2 Å². The summed E-state index contributed by atoms with van der Waals surface area (Å²) >= 11 is 0. The quantitative estimate of drug-likeness (QED) is 0.471. The number of anilines is 1. The predicted octanol–water partition coefficient (Wildman–Crippen LogP) is 3.69. The van der Waals surface area contributed by atoms with Crippen molar-refractivity contribution in [1.29, 1.82) is 0 Å². The van der Waals surface area contributed by atoms with Gasteiger partial charge in [0.05, 0.1) is 16.5 Å². The highest BCUT2D eigenvalue weighted by atomic mass is 28.4. The van der Waals surface area contributed by atoms with Crippen molar-refractivity contribution in [3.63, 3.8) is 0 Å². The Hall–Kier alpha value is -1.93. The van der Waals surface area contributed by atoms with Crippen molar-refractivity contribution in [3.05, 3.63) is 28.4 Å². The Bertz CT molecular complexity index is 819. The minimum absolute atomic E-state index is 0.131. The van der Waals surface area contributed by atoms with E-state index in [2.05, 4.69) is 39.0 Å². The number of nitro benzene ring substituents is 1. The second-order valence-corrected chi connectivity index (χ2v) is 13.1. The minimum Gasteiger partial charge on any atom is -0.410 e. The third-order valence-corrected chi connectivity index (χ3v) is 9.90. The van der Waals surface area contributed by atoms with Crippen LogP contribution in [0.25, 0.3) is 10.9 Å². The molecule has 7 nitrogen and oxygen atoms in total. The van der Waals surface area contributed by atoms with E-state index in [9.17, 15) is 10.1 Å². The van der Waals surface area contributed by atoms with Crippen LogP contribution in [0, 0.1) is 10.1 Å². The summed E-state index contributed by atoms with van der Waals surface area (Å²) in [5.74, 6) is 0. The lowest BCUT2D eigenvalue weighted by molar-refractivity contribution is -0.384. The molecule has 3 rings (SSSR count). The molecule has 2 heterocycles. The number of hydrogen-bond acceptors (Lipinski definition) is 5. The van der Waals surface area contributed by atoms with Crippen LogP contribution in [0.2, 0.25) is 18.1 Å². The smallest absolute Gasteiger partial charge is 0.293 e. The van der Waals surface area contributed by atoms with Crippen molar-refractivity contribution in [2.24, 2.45) is 7.05 Å². The number of hydrogen-bond donors (Lipinski definition) is 0. The van der Waals surface area contributed by atoms with E-state index in [1.165, 1.54) is 0 Å². The molecule has 2 aromatic rings. The molecule has 25 heavy (non-hydrogen) atoms. The van der Waals surface area contributed by atoms with E-state index in [4.69, 9.17) is 4.43 Å². The van der Waals surface area contributed by atoms with Crippen molar-refractivity contribution >= 4 is 30.6 Å². The highest BCUT2D eigenvalue weighted by Gasteiger charge is 2.42. The summed E-state index contributed by atoms with van der Waals surface area (Å²) in [5.41, 5.74) is 1.54. The van der Waals surface area contributed by atoms with Gasteiger partial charge in [-0.3, -0.25) is 14.8 Å². The van der Waals surface area contributed by atoms with Gasteiger partial charge in [-0.15, -0.1) is 0 Å². The number of rotatable bonds is 4. The van der Waals surface area contributed by atoms with Gasteiger partial charge in [0.25, 0.3) is 5.69 Å². The number of aromatic nitrogens is 2. The van der Waals surface area contributed by atoms with Gasteiger partial charge in [-0.2, -0.15) is 5.10 Å². The van der Waals surface area contributed by atoms with Crippen LogP contribution >= 0.6 is 0 Å². The Morgan fingerprint density at radius 1 is 1.32 bits per heavy atom. The standard InChI is InChI=1S/C17H26N4O3Si/c1-17(2,3)25(5,6)24-13-10-20(11-13)15-8-14-12(9-19(4)18-14)7-16(15)21(22)23/h7-9,13H,10-11H2,1-6H3. The molecular formula is C17H26N4O3Si. The molecule has 0 amide bonds. The molecule has 1 saturated heterocycles. The number of nitrogens with zero attached hydrogens (tertiary/aromatic N) is 4. The summed E-state index contributed by atoms with van der Waals surface area (Å²) in [7, 11) is -0.00256. The van der Waals surface area contributed by atoms with Gasteiger partial charge in [0.2, 0.25) is 0 Å². The average Bonchev–Trinajstić information content (AvgIpc) is 2.78. The van der Waals surface area contributed by atoms with Gasteiger partial charge >= 0.3 is 0 Å². The molecule has 0 unspecified atom stereocenters. The van der Waals surface area contributed by atoms with Gasteiger partial charge in [0.1, 0.15) is 5.69 Å². The summed E-state index contributed by atoms with van der Waals surface area (Å²) in [6, 6.07) is 3.43. The van der Waals surface area contributed by atoms with Crippen LogP contribution in [-0.2, 0) is 11.5 Å². The van der Waals surface area contributed by atoms with Crippen LogP contribution in [0.3, 0.4) is 0 Å². The molecule has 0 radical (unpaired) electrons. The zero-order chi connectivity index (χ0) is 18.6. The van der Waals surface area contributed by atoms with E-state index in [0.717, 1.165) is 10.9 Å². The summed E-state index contributed by atoms with van der Waals surface area (Å²) in [5, 5.41) is 16.8. The minimum atomic E-state index is -1.82. The molecular weight excluding hydrogens is 336 g/mol. The van der Waals surface area contributed by atoms with Gasteiger partial charge in [-0.1, -0.05) is 20.8 Å². The van der Waals surface area contributed by atoms with Crippen molar-refractivity contribution in [1.82, 2.24) is 9.78 Å². The summed E-state index contributed by atoms with van der Waals surface area (Å²) in [4.78, 5) is 13.2. The van der Waals surface area contributed by atoms with E-state index in [1.54, 1.807) is 16.9 Å². The molecule has 0 spiro atoms. The number of benzene rings is 1. The Morgan fingerprint density at radius 3 is 2.52 bits per heavy atom. The normalized spacial score (nSPS) is 16.3.